The van der Waals surface area contributed by atoms with Crippen molar-refractivity contribution in [2.45, 2.75) is 26.8 Å². The minimum atomic E-state index is -0.133. The highest BCUT2D eigenvalue weighted by Crippen LogP contribution is 2.23. The molecular weight excluding hydrogens is 398 g/mol. The van der Waals surface area contributed by atoms with Gasteiger partial charge in [0.1, 0.15) is 5.01 Å². The first-order chi connectivity index (χ1) is 11.9. The minimum Gasteiger partial charge on any atom is -0.343 e. The molecule has 2 aromatic heterocycles. The molecule has 6 heteroatoms. The van der Waals surface area contributed by atoms with Crippen LogP contribution in [-0.2, 0) is 0 Å². The molecule has 0 bridgehead atoms. The van der Waals surface area contributed by atoms with Gasteiger partial charge in [-0.05, 0) is 45.0 Å². The second-order valence-electron chi connectivity index (χ2n) is 5.86. The number of thiazole rings is 1. The third kappa shape index (κ3) is 4.14. The number of hydrogen-bond acceptors (Lipinski definition) is 4. The normalized spacial score (nSPS) is 12.0. The summed E-state index contributed by atoms with van der Waals surface area (Å²) in [6.07, 6.45) is 0. The first-order valence-electron chi connectivity index (χ1n) is 7.90. The van der Waals surface area contributed by atoms with E-state index in [1.807, 2.05) is 62.5 Å². The van der Waals surface area contributed by atoms with E-state index in [-0.39, 0.29) is 11.9 Å². The van der Waals surface area contributed by atoms with Crippen LogP contribution in [0.5, 0.6) is 0 Å². The molecule has 0 aliphatic heterocycles. The molecule has 4 nitrogen and oxygen atoms in total. The molecule has 1 N–H and O–H groups in total. The van der Waals surface area contributed by atoms with E-state index in [1.54, 1.807) is 11.3 Å². The van der Waals surface area contributed by atoms with Gasteiger partial charge < -0.3 is 5.32 Å². The molecule has 0 aliphatic carbocycles. The van der Waals surface area contributed by atoms with Gasteiger partial charge in [-0.15, -0.1) is 11.3 Å². The molecule has 128 valence electrons. The summed E-state index contributed by atoms with van der Waals surface area (Å²) < 4.78 is 0.999. The maximum absolute atomic E-state index is 12.6. The molecule has 0 saturated heterocycles. The van der Waals surface area contributed by atoms with Gasteiger partial charge in [0, 0.05) is 21.1 Å². The summed E-state index contributed by atoms with van der Waals surface area (Å²) in [6, 6.07) is 11.5. The summed E-state index contributed by atoms with van der Waals surface area (Å²) >= 11 is 5.02. The Balaban J connectivity index is 1.79. The Kier molecular flexibility index (Phi) is 5.30. The van der Waals surface area contributed by atoms with Crippen LogP contribution in [0, 0.1) is 13.8 Å². The maximum Gasteiger partial charge on any atom is 0.253 e. The van der Waals surface area contributed by atoms with Crippen LogP contribution in [0.3, 0.4) is 0 Å². The Morgan fingerprint density at radius 3 is 2.64 bits per heavy atom. The zero-order valence-electron chi connectivity index (χ0n) is 14.2. The quantitative estimate of drug-likeness (QED) is 0.646. The summed E-state index contributed by atoms with van der Waals surface area (Å²) in [7, 11) is 0. The monoisotopic (exact) mass is 415 g/mol. The van der Waals surface area contributed by atoms with Crippen LogP contribution in [0.15, 0.2) is 46.3 Å². The van der Waals surface area contributed by atoms with Gasteiger partial charge in [-0.1, -0.05) is 28.1 Å². The molecule has 1 atom stereocenters. The van der Waals surface area contributed by atoms with Crippen molar-refractivity contribution in [1.29, 1.82) is 0 Å². The number of nitrogens with zero attached hydrogens (tertiary/aromatic N) is 2. The van der Waals surface area contributed by atoms with E-state index in [1.165, 1.54) is 0 Å². The highest BCUT2D eigenvalue weighted by Gasteiger charge is 2.16. The lowest BCUT2D eigenvalue weighted by Gasteiger charge is -2.13. The van der Waals surface area contributed by atoms with Crippen molar-refractivity contribution in [3.8, 4) is 11.3 Å². The Morgan fingerprint density at radius 1 is 1.20 bits per heavy atom. The van der Waals surface area contributed by atoms with Crippen LogP contribution in [0.4, 0.5) is 0 Å². The standard InChI is InChI=1S/C19H18BrN3OS/c1-11-10-25-19(21-11)13(3)23-18(24)16-7-8-17(22-12(16)2)14-5-4-6-15(20)9-14/h4-10,13H,1-3H3,(H,23,24). The van der Waals surface area contributed by atoms with E-state index in [2.05, 4.69) is 31.2 Å². The molecule has 0 aliphatic rings. The van der Waals surface area contributed by atoms with Crippen molar-refractivity contribution >= 4 is 33.2 Å². The largest absolute Gasteiger partial charge is 0.343 e. The van der Waals surface area contributed by atoms with E-state index < -0.39 is 0 Å². The zero-order chi connectivity index (χ0) is 18.0. The number of nitrogens with one attached hydrogen (secondary N) is 1. The first-order valence-corrected chi connectivity index (χ1v) is 9.58. The van der Waals surface area contributed by atoms with Crippen molar-refractivity contribution in [2.75, 3.05) is 0 Å². The van der Waals surface area contributed by atoms with Crippen molar-refractivity contribution < 1.29 is 4.79 Å². The molecule has 3 rings (SSSR count). The van der Waals surface area contributed by atoms with Gasteiger partial charge in [-0.25, -0.2) is 4.98 Å². The molecule has 1 amide bonds. The second-order valence-corrected chi connectivity index (χ2v) is 7.67. The van der Waals surface area contributed by atoms with Gasteiger partial charge >= 0.3 is 0 Å². The lowest BCUT2D eigenvalue weighted by molar-refractivity contribution is 0.0939. The number of rotatable bonds is 4. The smallest absolute Gasteiger partial charge is 0.253 e. The predicted molar refractivity (Wildman–Crippen MR) is 105 cm³/mol. The molecule has 0 saturated carbocycles. The Morgan fingerprint density at radius 2 is 2.00 bits per heavy atom. The first kappa shape index (κ1) is 17.8. The van der Waals surface area contributed by atoms with Crippen molar-refractivity contribution in [1.82, 2.24) is 15.3 Å². The summed E-state index contributed by atoms with van der Waals surface area (Å²) in [4.78, 5) is 21.6. The highest BCUT2D eigenvalue weighted by molar-refractivity contribution is 9.10. The van der Waals surface area contributed by atoms with Crippen molar-refractivity contribution in [3.63, 3.8) is 0 Å². The number of carbonyl (C=O) groups is 1. The summed E-state index contributed by atoms with van der Waals surface area (Å²) in [6.45, 7) is 5.74. The molecule has 0 fully saturated rings. The van der Waals surface area contributed by atoms with E-state index in [0.29, 0.717) is 11.3 Å². The lowest BCUT2D eigenvalue weighted by atomic mass is 10.1. The zero-order valence-corrected chi connectivity index (χ0v) is 16.6. The highest BCUT2D eigenvalue weighted by atomic mass is 79.9. The van der Waals surface area contributed by atoms with Gasteiger partial charge in [0.25, 0.3) is 5.91 Å². The Hall–Kier alpha value is -2.05. The minimum absolute atomic E-state index is 0.129. The van der Waals surface area contributed by atoms with Crippen molar-refractivity contribution in [2.24, 2.45) is 0 Å². The molecular formula is C19H18BrN3OS. The van der Waals surface area contributed by atoms with Crippen LogP contribution in [0.2, 0.25) is 0 Å². The molecule has 2 heterocycles. The molecule has 1 unspecified atom stereocenters. The number of halogens is 1. The molecule has 0 radical (unpaired) electrons. The molecule has 0 spiro atoms. The number of carbonyl (C=O) groups excluding carboxylic acids is 1. The summed E-state index contributed by atoms with van der Waals surface area (Å²) in [5, 5.41) is 5.88. The fourth-order valence-electron chi connectivity index (χ4n) is 2.52. The maximum atomic E-state index is 12.6. The van der Waals surface area contributed by atoms with E-state index in [0.717, 1.165) is 26.4 Å². The van der Waals surface area contributed by atoms with Gasteiger partial charge in [-0.3, -0.25) is 9.78 Å². The Labute approximate surface area is 159 Å². The van der Waals surface area contributed by atoms with Crippen LogP contribution in [-0.4, -0.2) is 15.9 Å². The number of aryl methyl sites for hydroxylation is 2. The lowest BCUT2D eigenvalue weighted by Crippen LogP contribution is -2.27. The van der Waals surface area contributed by atoms with Crippen molar-refractivity contribution in [3.05, 3.63) is 68.2 Å². The average Bonchev–Trinajstić information content (AvgIpc) is 3.01. The summed E-state index contributed by atoms with van der Waals surface area (Å²) in [5.41, 5.74) is 4.11. The molecule has 3 aromatic rings. The number of aromatic nitrogens is 2. The van der Waals surface area contributed by atoms with Gasteiger partial charge in [0.05, 0.1) is 23.0 Å². The van der Waals surface area contributed by atoms with E-state index >= 15 is 0 Å². The predicted octanol–water partition coefficient (Wildman–Crippen LogP) is 5.08. The average molecular weight is 416 g/mol. The topological polar surface area (TPSA) is 54.9 Å². The number of pyridine rings is 1. The number of benzene rings is 1. The summed E-state index contributed by atoms with van der Waals surface area (Å²) in [5.74, 6) is -0.133. The van der Waals surface area contributed by atoms with Crippen LogP contribution in [0.25, 0.3) is 11.3 Å². The fraction of sp³-hybridized carbons (Fsp3) is 0.211. The van der Waals surface area contributed by atoms with E-state index in [9.17, 15) is 4.79 Å². The number of hydrogen-bond donors (Lipinski definition) is 1. The van der Waals surface area contributed by atoms with Gasteiger partial charge in [0.2, 0.25) is 0 Å². The fourth-order valence-corrected chi connectivity index (χ4v) is 3.72. The molecule has 25 heavy (non-hydrogen) atoms. The van der Waals surface area contributed by atoms with Crippen LogP contribution < -0.4 is 5.32 Å². The van der Waals surface area contributed by atoms with Gasteiger partial charge in [0.15, 0.2) is 0 Å². The number of amides is 1. The van der Waals surface area contributed by atoms with E-state index in [4.69, 9.17) is 0 Å². The van der Waals surface area contributed by atoms with Crippen LogP contribution in [0.1, 0.15) is 39.7 Å². The second kappa shape index (κ2) is 7.45. The molecule has 1 aromatic carbocycles. The SMILES string of the molecule is Cc1csc(C(C)NC(=O)c2ccc(-c3cccc(Br)c3)nc2C)n1. The third-order valence-electron chi connectivity index (χ3n) is 3.81. The van der Waals surface area contributed by atoms with Crippen LogP contribution >= 0.6 is 27.3 Å². The third-order valence-corrected chi connectivity index (χ3v) is 5.44. The van der Waals surface area contributed by atoms with Gasteiger partial charge in [-0.2, -0.15) is 0 Å². The Bertz CT molecular complexity index is 923.